The summed E-state index contributed by atoms with van der Waals surface area (Å²) in [7, 11) is 0. The van der Waals surface area contributed by atoms with Crippen molar-refractivity contribution in [2.45, 2.75) is 32.1 Å². The molecule has 3 heteroatoms. The summed E-state index contributed by atoms with van der Waals surface area (Å²) < 4.78 is 5.20. The van der Waals surface area contributed by atoms with Gasteiger partial charge in [-0.3, -0.25) is 4.79 Å². The number of hydrogen-bond donors (Lipinski definition) is 1. The zero-order valence-corrected chi connectivity index (χ0v) is 10.7. The van der Waals surface area contributed by atoms with Gasteiger partial charge in [0.15, 0.2) is 0 Å². The van der Waals surface area contributed by atoms with Gasteiger partial charge < -0.3 is 9.72 Å². The topological polar surface area (TPSA) is 42.1 Å². The lowest BCUT2D eigenvalue weighted by Gasteiger charge is -2.10. The number of H-pyrrole nitrogens is 1. The van der Waals surface area contributed by atoms with Gasteiger partial charge in [0.1, 0.15) is 0 Å². The number of esters is 1. The van der Waals surface area contributed by atoms with Gasteiger partial charge >= 0.3 is 5.97 Å². The Labute approximate surface area is 106 Å². The van der Waals surface area contributed by atoms with Crippen LogP contribution >= 0.6 is 0 Å². The number of hydrogen-bond acceptors (Lipinski definition) is 2. The molecule has 1 aromatic carbocycles. The number of benzene rings is 1. The third-order valence-electron chi connectivity index (χ3n) is 3.78. The van der Waals surface area contributed by atoms with Crippen molar-refractivity contribution in [1.29, 1.82) is 0 Å². The van der Waals surface area contributed by atoms with Crippen LogP contribution in [0.5, 0.6) is 0 Å². The van der Waals surface area contributed by atoms with Crippen molar-refractivity contribution in [2.75, 3.05) is 6.61 Å². The smallest absolute Gasteiger partial charge is 0.313 e. The minimum absolute atomic E-state index is 0.0900. The quantitative estimate of drug-likeness (QED) is 0.822. The van der Waals surface area contributed by atoms with E-state index < -0.39 is 0 Å². The van der Waals surface area contributed by atoms with Gasteiger partial charge in [-0.05, 0) is 30.9 Å². The van der Waals surface area contributed by atoms with E-state index in [4.69, 9.17) is 4.74 Å². The van der Waals surface area contributed by atoms with E-state index in [0.29, 0.717) is 12.5 Å². The molecule has 0 fully saturated rings. The van der Waals surface area contributed by atoms with Crippen LogP contribution in [0.25, 0.3) is 10.9 Å². The van der Waals surface area contributed by atoms with Gasteiger partial charge in [-0.25, -0.2) is 0 Å². The highest BCUT2D eigenvalue weighted by molar-refractivity contribution is 5.92. The van der Waals surface area contributed by atoms with Gasteiger partial charge in [0.2, 0.25) is 0 Å². The molecule has 0 saturated heterocycles. The zero-order valence-electron chi connectivity index (χ0n) is 10.7. The van der Waals surface area contributed by atoms with Crippen LogP contribution in [-0.2, 0) is 9.53 Å². The lowest BCUT2D eigenvalue weighted by molar-refractivity contribution is -0.144. The lowest BCUT2D eigenvalue weighted by Crippen LogP contribution is -2.13. The monoisotopic (exact) mass is 243 g/mol. The molecular formula is C15H17NO2. The van der Waals surface area contributed by atoms with Crippen molar-refractivity contribution >= 4 is 16.9 Å². The maximum absolute atomic E-state index is 12.1. The molecule has 2 atom stereocenters. The predicted molar refractivity (Wildman–Crippen MR) is 70.7 cm³/mol. The van der Waals surface area contributed by atoms with Crippen molar-refractivity contribution in [1.82, 2.24) is 4.98 Å². The van der Waals surface area contributed by atoms with E-state index in [1.54, 1.807) is 0 Å². The van der Waals surface area contributed by atoms with Crippen molar-refractivity contribution in [3.8, 4) is 0 Å². The molecule has 2 aromatic rings. The van der Waals surface area contributed by atoms with E-state index in [2.05, 4.69) is 24.0 Å². The molecule has 0 spiro atoms. The summed E-state index contributed by atoms with van der Waals surface area (Å²) in [6.45, 7) is 4.46. The number of aromatic amines is 1. The van der Waals surface area contributed by atoms with E-state index in [1.807, 2.05) is 19.1 Å². The first-order chi connectivity index (χ1) is 8.72. The molecule has 1 aliphatic rings. The Morgan fingerprint density at radius 3 is 3.00 bits per heavy atom. The lowest BCUT2D eigenvalue weighted by atomic mass is 9.99. The molecule has 3 rings (SSSR count). The van der Waals surface area contributed by atoms with E-state index in [-0.39, 0.29) is 11.9 Å². The summed E-state index contributed by atoms with van der Waals surface area (Å²) >= 11 is 0. The second kappa shape index (κ2) is 4.16. The molecule has 0 saturated carbocycles. The fourth-order valence-electron chi connectivity index (χ4n) is 2.99. The molecule has 1 aromatic heterocycles. The fourth-order valence-corrected chi connectivity index (χ4v) is 2.99. The first-order valence-corrected chi connectivity index (χ1v) is 6.49. The molecule has 1 N–H and O–H groups in total. The van der Waals surface area contributed by atoms with Crippen LogP contribution in [0, 0.1) is 0 Å². The highest BCUT2D eigenvalue weighted by Crippen LogP contribution is 2.45. The summed E-state index contributed by atoms with van der Waals surface area (Å²) in [5.41, 5.74) is 3.47. The fraction of sp³-hybridized carbons (Fsp3) is 0.400. The van der Waals surface area contributed by atoms with E-state index in [9.17, 15) is 4.79 Å². The average Bonchev–Trinajstić information content (AvgIpc) is 2.88. The predicted octanol–water partition coefficient (Wildman–Crippen LogP) is 3.32. The molecule has 18 heavy (non-hydrogen) atoms. The highest BCUT2D eigenvalue weighted by Gasteiger charge is 2.37. The number of carbonyl (C=O) groups is 1. The molecule has 2 unspecified atom stereocenters. The number of nitrogens with one attached hydrogen (secondary N) is 1. The minimum atomic E-state index is -0.105. The first kappa shape index (κ1) is 11.3. The third kappa shape index (κ3) is 1.54. The number of ether oxygens (including phenoxy) is 1. The summed E-state index contributed by atoms with van der Waals surface area (Å²) in [4.78, 5) is 15.5. The van der Waals surface area contributed by atoms with Gasteiger partial charge in [0.25, 0.3) is 0 Å². The van der Waals surface area contributed by atoms with Crippen LogP contribution in [0.2, 0.25) is 0 Å². The molecule has 1 heterocycles. The second-order valence-electron chi connectivity index (χ2n) is 4.94. The number of rotatable bonds is 2. The molecule has 0 aliphatic heterocycles. The van der Waals surface area contributed by atoms with Crippen LogP contribution in [0.4, 0.5) is 0 Å². The molecule has 0 radical (unpaired) electrons. The van der Waals surface area contributed by atoms with Gasteiger partial charge in [0.05, 0.1) is 12.5 Å². The van der Waals surface area contributed by atoms with E-state index >= 15 is 0 Å². The average molecular weight is 243 g/mol. The molecule has 0 bridgehead atoms. The van der Waals surface area contributed by atoms with E-state index in [0.717, 1.165) is 22.9 Å². The zero-order chi connectivity index (χ0) is 12.7. The Kier molecular flexibility index (Phi) is 2.62. The Bertz CT molecular complexity index is 600. The third-order valence-corrected chi connectivity index (χ3v) is 3.78. The SMILES string of the molecule is CCOC(=O)C1CC(C)c2[nH]c3ccccc3c21. The maximum Gasteiger partial charge on any atom is 0.313 e. The summed E-state index contributed by atoms with van der Waals surface area (Å²) in [6.07, 6.45) is 0.852. The molecule has 1 aliphatic carbocycles. The number of para-hydroxylation sites is 1. The maximum atomic E-state index is 12.1. The van der Waals surface area contributed by atoms with Gasteiger partial charge in [-0.15, -0.1) is 0 Å². The van der Waals surface area contributed by atoms with Crippen molar-refractivity contribution in [3.63, 3.8) is 0 Å². The largest absolute Gasteiger partial charge is 0.466 e. The Morgan fingerprint density at radius 1 is 1.44 bits per heavy atom. The Morgan fingerprint density at radius 2 is 2.22 bits per heavy atom. The van der Waals surface area contributed by atoms with Gasteiger partial charge in [-0.2, -0.15) is 0 Å². The van der Waals surface area contributed by atoms with Crippen LogP contribution in [-0.4, -0.2) is 17.6 Å². The highest BCUT2D eigenvalue weighted by atomic mass is 16.5. The van der Waals surface area contributed by atoms with Crippen molar-refractivity contribution in [2.24, 2.45) is 0 Å². The van der Waals surface area contributed by atoms with Crippen molar-refractivity contribution < 1.29 is 9.53 Å². The summed E-state index contributed by atoms with van der Waals surface area (Å²) in [6, 6.07) is 8.16. The molecule has 0 amide bonds. The minimum Gasteiger partial charge on any atom is -0.466 e. The van der Waals surface area contributed by atoms with Crippen LogP contribution in [0.15, 0.2) is 24.3 Å². The van der Waals surface area contributed by atoms with E-state index in [1.165, 1.54) is 5.69 Å². The standard InChI is InChI=1S/C15H17NO2/c1-3-18-15(17)11-8-9(2)14-13(11)10-6-4-5-7-12(10)16-14/h4-7,9,11,16H,3,8H2,1-2H3. The van der Waals surface area contributed by atoms with Crippen molar-refractivity contribution in [3.05, 3.63) is 35.5 Å². The Hall–Kier alpha value is -1.77. The van der Waals surface area contributed by atoms with Gasteiger partial charge in [-0.1, -0.05) is 25.1 Å². The summed E-state index contributed by atoms with van der Waals surface area (Å²) in [5, 5.41) is 1.16. The summed E-state index contributed by atoms with van der Waals surface area (Å²) in [5.74, 6) is 0.195. The number of aromatic nitrogens is 1. The van der Waals surface area contributed by atoms with Gasteiger partial charge in [0, 0.05) is 16.6 Å². The number of carbonyl (C=O) groups excluding carboxylic acids is 1. The van der Waals surface area contributed by atoms with Crippen LogP contribution in [0.3, 0.4) is 0 Å². The molecule has 3 nitrogen and oxygen atoms in total. The number of fused-ring (bicyclic) bond motifs is 3. The molecular weight excluding hydrogens is 226 g/mol. The van der Waals surface area contributed by atoms with Crippen LogP contribution in [0.1, 0.15) is 43.4 Å². The first-order valence-electron chi connectivity index (χ1n) is 6.49. The Balaban J connectivity index is 2.12. The second-order valence-corrected chi connectivity index (χ2v) is 4.94. The molecule has 94 valence electrons. The van der Waals surface area contributed by atoms with Crippen LogP contribution < -0.4 is 0 Å². The normalized spacial score (nSPS) is 22.1.